The third-order valence-electron chi connectivity index (χ3n) is 4.01. The summed E-state index contributed by atoms with van der Waals surface area (Å²) >= 11 is 0. The number of benzene rings is 2. The molecule has 0 aliphatic heterocycles. The lowest BCUT2D eigenvalue weighted by Crippen LogP contribution is -2.36. The zero-order chi connectivity index (χ0) is 19.3. The highest BCUT2D eigenvalue weighted by molar-refractivity contribution is 6.05. The van der Waals surface area contributed by atoms with Crippen molar-refractivity contribution < 1.29 is 29.7 Å². The molecule has 1 atom stereocenters. The van der Waals surface area contributed by atoms with Crippen LogP contribution in [0.1, 0.15) is 45.7 Å². The number of phenolic OH excluding ortho intramolecular Hbond substituents is 1. The van der Waals surface area contributed by atoms with Gasteiger partial charge in [0.25, 0.3) is 5.91 Å². The second kappa shape index (κ2) is 8.15. The van der Waals surface area contributed by atoms with Crippen molar-refractivity contribution in [3.63, 3.8) is 0 Å². The number of aromatic hydroxyl groups is 1. The molecule has 0 radical (unpaired) electrons. The number of rotatable bonds is 7. The molecule has 0 bridgehead atoms. The number of hydrogen-bond acceptors (Lipinski definition) is 4. The van der Waals surface area contributed by atoms with Gasteiger partial charge in [-0.3, -0.25) is 9.59 Å². The molecular weight excluding hydrogens is 338 g/mol. The molecule has 0 saturated carbocycles. The molecule has 0 heterocycles. The van der Waals surface area contributed by atoms with Crippen molar-refractivity contribution in [3.8, 4) is 5.75 Å². The van der Waals surface area contributed by atoms with Gasteiger partial charge in [0.05, 0.1) is 23.6 Å². The molecule has 0 aliphatic rings. The average molecular weight is 357 g/mol. The summed E-state index contributed by atoms with van der Waals surface area (Å²) in [5.74, 6) is -2.87. The molecule has 2 aromatic carbocycles. The number of aliphatic carboxylic acids is 1. The lowest BCUT2D eigenvalue weighted by atomic mass is 9.99. The molecule has 0 fully saturated rings. The predicted molar refractivity (Wildman–Crippen MR) is 93.2 cm³/mol. The smallest absolute Gasteiger partial charge is 0.336 e. The summed E-state index contributed by atoms with van der Waals surface area (Å²) in [5.41, 5.74) is 0.389. The standard InChI is InChI=1S/C19H19NO6/c1-2-20(18(24)14-5-3-4-6-15(14)19(25)26)16(11-17(22)23)12-7-9-13(21)10-8-12/h3-10,16,21H,2,11H2,1H3,(H,22,23)(H,25,26)/t16-/m0/s1. The second-order valence-corrected chi connectivity index (χ2v) is 5.65. The highest BCUT2D eigenvalue weighted by Gasteiger charge is 2.29. The minimum atomic E-state index is -1.23. The molecule has 0 aliphatic carbocycles. The Morgan fingerprint density at radius 3 is 2.04 bits per heavy atom. The van der Waals surface area contributed by atoms with Crippen molar-refractivity contribution in [1.82, 2.24) is 4.90 Å². The fraction of sp³-hybridized carbons (Fsp3) is 0.211. The molecule has 2 rings (SSSR count). The molecule has 0 unspecified atom stereocenters. The second-order valence-electron chi connectivity index (χ2n) is 5.65. The van der Waals surface area contributed by atoms with Gasteiger partial charge in [-0.2, -0.15) is 0 Å². The first-order chi connectivity index (χ1) is 12.3. The zero-order valence-electron chi connectivity index (χ0n) is 14.1. The number of amides is 1. The van der Waals surface area contributed by atoms with Crippen LogP contribution < -0.4 is 0 Å². The highest BCUT2D eigenvalue weighted by Crippen LogP contribution is 2.28. The van der Waals surface area contributed by atoms with Crippen LogP contribution in [0.5, 0.6) is 5.75 Å². The van der Waals surface area contributed by atoms with E-state index < -0.39 is 23.9 Å². The molecule has 0 spiro atoms. The van der Waals surface area contributed by atoms with Gasteiger partial charge in [0.1, 0.15) is 5.75 Å². The summed E-state index contributed by atoms with van der Waals surface area (Å²) in [4.78, 5) is 37.0. The summed E-state index contributed by atoms with van der Waals surface area (Å²) < 4.78 is 0. The number of carbonyl (C=O) groups is 3. The largest absolute Gasteiger partial charge is 0.508 e. The SMILES string of the molecule is CCN(C(=O)c1ccccc1C(=O)O)[C@@H](CC(=O)O)c1ccc(O)cc1. The minimum Gasteiger partial charge on any atom is -0.508 e. The van der Waals surface area contributed by atoms with E-state index >= 15 is 0 Å². The summed E-state index contributed by atoms with van der Waals surface area (Å²) in [7, 11) is 0. The Morgan fingerprint density at radius 2 is 1.54 bits per heavy atom. The third-order valence-corrected chi connectivity index (χ3v) is 4.01. The Kier molecular flexibility index (Phi) is 5.95. The van der Waals surface area contributed by atoms with Crippen LogP contribution in [-0.2, 0) is 4.79 Å². The predicted octanol–water partition coefficient (Wildman–Crippen LogP) is 2.77. The van der Waals surface area contributed by atoms with E-state index in [9.17, 15) is 29.7 Å². The van der Waals surface area contributed by atoms with Crippen LogP contribution in [-0.4, -0.2) is 44.6 Å². The van der Waals surface area contributed by atoms with Crippen LogP contribution in [0, 0.1) is 0 Å². The van der Waals surface area contributed by atoms with Gasteiger partial charge in [0.2, 0.25) is 0 Å². The van der Waals surface area contributed by atoms with Crippen LogP contribution >= 0.6 is 0 Å². The molecule has 0 aromatic heterocycles. The molecule has 2 aromatic rings. The number of phenols is 1. The Hall–Kier alpha value is -3.35. The lowest BCUT2D eigenvalue weighted by Gasteiger charge is -2.31. The van der Waals surface area contributed by atoms with E-state index in [4.69, 9.17) is 0 Å². The first-order valence-corrected chi connectivity index (χ1v) is 7.99. The fourth-order valence-corrected chi connectivity index (χ4v) is 2.79. The summed E-state index contributed by atoms with van der Waals surface area (Å²) in [6.07, 6.45) is -0.348. The van der Waals surface area contributed by atoms with E-state index in [1.165, 1.54) is 35.2 Å². The normalized spacial score (nSPS) is 11.6. The van der Waals surface area contributed by atoms with Gasteiger partial charge in [0.15, 0.2) is 0 Å². The van der Waals surface area contributed by atoms with Crippen LogP contribution in [0.3, 0.4) is 0 Å². The van der Waals surface area contributed by atoms with E-state index in [1.54, 1.807) is 25.1 Å². The number of nitrogens with zero attached hydrogens (tertiary/aromatic N) is 1. The zero-order valence-corrected chi connectivity index (χ0v) is 14.1. The molecular formula is C19H19NO6. The molecule has 26 heavy (non-hydrogen) atoms. The van der Waals surface area contributed by atoms with E-state index in [0.29, 0.717) is 5.56 Å². The maximum Gasteiger partial charge on any atom is 0.336 e. The molecule has 1 amide bonds. The van der Waals surface area contributed by atoms with Crippen molar-refractivity contribution >= 4 is 17.8 Å². The monoisotopic (exact) mass is 357 g/mol. The van der Waals surface area contributed by atoms with Crippen molar-refractivity contribution in [2.24, 2.45) is 0 Å². The fourth-order valence-electron chi connectivity index (χ4n) is 2.79. The molecule has 3 N–H and O–H groups in total. The molecule has 7 nitrogen and oxygen atoms in total. The Morgan fingerprint density at radius 1 is 0.962 bits per heavy atom. The molecule has 136 valence electrons. The van der Waals surface area contributed by atoms with E-state index in [1.807, 2.05) is 0 Å². The van der Waals surface area contributed by atoms with Gasteiger partial charge in [-0.25, -0.2) is 4.79 Å². The maximum atomic E-state index is 13.0. The maximum absolute atomic E-state index is 13.0. The van der Waals surface area contributed by atoms with Crippen LogP contribution in [0.4, 0.5) is 0 Å². The quantitative estimate of drug-likeness (QED) is 0.702. The number of hydrogen-bond donors (Lipinski definition) is 3. The number of carboxylic acids is 2. The van der Waals surface area contributed by atoms with Gasteiger partial charge < -0.3 is 20.2 Å². The lowest BCUT2D eigenvalue weighted by molar-refractivity contribution is -0.138. The highest BCUT2D eigenvalue weighted by atomic mass is 16.4. The van der Waals surface area contributed by atoms with Crippen molar-refractivity contribution in [3.05, 3.63) is 65.2 Å². The van der Waals surface area contributed by atoms with E-state index in [0.717, 1.165) is 0 Å². The van der Waals surface area contributed by atoms with Gasteiger partial charge >= 0.3 is 11.9 Å². The van der Waals surface area contributed by atoms with Gasteiger partial charge in [-0.05, 0) is 36.8 Å². The van der Waals surface area contributed by atoms with Gasteiger partial charge in [-0.1, -0.05) is 24.3 Å². The van der Waals surface area contributed by atoms with Gasteiger partial charge in [0, 0.05) is 6.54 Å². The topological polar surface area (TPSA) is 115 Å². The third kappa shape index (κ3) is 4.18. The van der Waals surface area contributed by atoms with Gasteiger partial charge in [-0.15, -0.1) is 0 Å². The van der Waals surface area contributed by atoms with E-state index in [-0.39, 0.29) is 29.8 Å². The van der Waals surface area contributed by atoms with Crippen molar-refractivity contribution in [2.75, 3.05) is 6.54 Å². The Labute approximate surface area is 150 Å². The van der Waals surface area contributed by atoms with Crippen LogP contribution in [0.15, 0.2) is 48.5 Å². The first kappa shape index (κ1) is 19.0. The van der Waals surface area contributed by atoms with E-state index in [2.05, 4.69) is 0 Å². The summed E-state index contributed by atoms with van der Waals surface area (Å²) in [6.45, 7) is 1.88. The molecule has 0 saturated heterocycles. The Bertz CT molecular complexity index is 815. The molecule has 7 heteroatoms. The number of carbonyl (C=O) groups excluding carboxylic acids is 1. The number of carboxylic acid groups (broad SMARTS) is 2. The Balaban J connectivity index is 2.47. The summed E-state index contributed by atoms with van der Waals surface area (Å²) in [5, 5.41) is 28.0. The van der Waals surface area contributed by atoms with Crippen LogP contribution in [0.2, 0.25) is 0 Å². The average Bonchev–Trinajstić information content (AvgIpc) is 2.61. The summed E-state index contributed by atoms with van der Waals surface area (Å²) in [6, 6.07) is 10.9. The minimum absolute atomic E-state index is 0.00369. The van der Waals surface area contributed by atoms with Crippen LogP contribution in [0.25, 0.3) is 0 Å². The number of aromatic carboxylic acids is 1. The first-order valence-electron chi connectivity index (χ1n) is 7.99. The van der Waals surface area contributed by atoms with Crippen molar-refractivity contribution in [2.45, 2.75) is 19.4 Å². The van der Waals surface area contributed by atoms with Crippen molar-refractivity contribution in [1.29, 1.82) is 0 Å².